The Bertz CT molecular complexity index is 1610. The van der Waals surface area contributed by atoms with Crippen molar-refractivity contribution in [3.8, 4) is 23.0 Å². The fourth-order valence-electron chi connectivity index (χ4n) is 5.86. The van der Waals surface area contributed by atoms with Gasteiger partial charge >= 0.3 is 0 Å². The molecule has 8 nitrogen and oxygen atoms in total. The highest BCUT2D eigenvalue weighted by Crippen LogP contribution is 2.48. The zero-order valence-electron chi connectivity index (χ0n) is 23.5. The first-order valence-corrected chi connectivity index (χ1v) is 15.8. The lowest BCUT2D eigenvalue weighted by Crippen LogP contribution is -2.40. The highest BCUT2D eigenvalue weighted by Gasteiger charge is 2.46. The highest BCUT2D eigenvalue weighted by molar-refractivity contribution is 7.93. The second-order valence-electron chi connectivity index (χ2n) is 11.1. The Hall–Kier alpha value is -3.72. The molecule has 0 radical (unpaired) electrons. The number of Topliss-reactive ketones (excluding diaryl/α,β-unsaturated/α-hetero) is 1. The van der Waals surface area contributed by atoms with Crippen molar-refractivity contribution in [3.63, 3.8) is 0 Å². The van der Waals surface area contributed by atoms with Crippen LogP contribution in [0.25, 0.3) is 16.9 Å². The third-order valence-corrected chi connectivity index (χ3v) is 10.6. The second-order valence-corrected chi connectivity index (χ2v) is 13.8. The minimum absolute atomic E-state index is 0.0277. The molecule has 42 heavy (non-hydrogen) atoms. The number of rotatable bonds is 7. The number of ketones is 1. The van der Waals surface area contributed by atoms with Gasteiger partial charge in [-0.2, -0.15) is 10.4 Å². The molecular weight excluding hydrogens is 565 g/mol. The molecule has 3 aromatic rings. The molecule has 0 N–H and O–H groups in total. The van der Waals surface area contributed by atoms with Gasteiger partial charge in [0.05, 0.1) is 17.7 Å². The largest absolute Gasteiger partial charge is 0.370 e. The zero-order chi connectivity index (χ0) is 30.1. The summed E-state index contributed by atoms with van der Waals surface area (Å²) in [5.74, 6) is -5.21. The van der Waals surface area contributed by atoms with E-state index in [1.165, 1.54) is 23.0 Å². The SMILES string of the molecule is CN=S1(=O)CCN(c2ccc(-c3cn(-c4ncccc4F)nc3[C@@H]3CC(F)(F)CC[C@H]3C(=O)C[C@@H](C)C#N)cc2)CC1. The van der Waals surface area contributed by atoms with Crippen molar-refractivity contribution < 1.29 is 22.2 Å². The van der Waals surface area contributed by atoms with Gasteiger partial charge < -0.3 is 4.90 Å². The third-order valence-electron chi connectivity index (χ3n) is 8.25. The van der Waals surface area contributed by atoms with Crippen LogP contribution in [-0.2, 0) is 14.5 Å². The van der Waals surface area contributed by atoms with E-state index in [1.54, 1.807) is 20.2 Å². The summed E-state index contributed by atoms with van der Waals surface area (Å²) in [6.45, 7) is 2.83. The lowest BCUT2D eigenvalue weighted by atomic mass is 9.71. The quantitative estimate of drug-likeness (QED) is 0.349. The molecule has 2 aliphatic rings. The zero-order valence-corrected chi connectivity index (χ0v) is 24.4. The van der Waals surface area contributed by atoms with Gasteiger partial charge in [0.2, 0.25) is 5.92 Å². The first kappa shape index (κ1) is 29.8. The Kier molecular flexibility index (Phi) is 8.42. The van der Waals surface area contributed by atoms with Crippen LogP contribution in [0.4, 0.5) is 18.9 Å². The molecule has 1 aliphatic carbocycles. The van der Waals surface area contributed by atoms with Crippen molar-refractivity contribution in [2.24, 2.45) is 16.2 Å². The van der Waals surface area contributed by atoms with Crippen molar-refractivity contribution >= 4 is 21.2 Å². The minimum Gasteiger partial charge on any atom is -0.370 e. The normalized spacial score (nSPS) is 22.2. The van der Waals surface area contributed by atoms with Gasteiger partial charge in [-0.25, -0.2) is 31.4 Å². The molecule has 1 saturated carbocycles. The van der Waals surface area contributed by atoms with Gasteiger partial charge in [0.1, 0.15) is 5.78 Å². The van der Waals surface area contributed by atoms with Crippen LogP contribution in [0, 0.1) is 29.0 Å². The number of alkyl halides is 2. The number of anilines is 1. The van der Waals surface area contributed by atoms with Crippen molar-refractivity contribution in [2.45, 2.75) is 44.4 Å². The van der Waals surface area contributed by atoms with Crippen molar-refractivity contribution in [1.82, 2.24) is 14.8 Å². The Labute approximate surface area is 243 Å². The van der Waals surface area contributed by atoms with E-state index < -0.39 is 52.1 Å². The molecule has 1 saturated heterocycles. The molecule has 0 bridgehead atoms. The number of nitrogens with zero attached hydrogens (tertiary/aromatic N) is 6. The van der Waals surface area contributed by atoms with E-state index in [9.17, 15) is 27.4 Å². The molecule has 2 fully saturated rings. The van der Waals surface area contributed by atoms with Crippen LogP contribution in [0.15, 0.2) is 53.2 Å². The number of hydrogen-bond donors (Lipinski definition) is 0. The minimum atomic E-state index is -3.00. The lowest BCUT2D eigenvalue weighted by molar-refractivity contribution is -0.129. The van der Waals surface area contributed by atoms with Crippen LogP contribution in [0.1, 0.15) is 44.2 Å². The van der Waals surface area contributed by atoms with Crippen molar-refractivity contribution in [2.75, 3.05) is 36.5 Å². The number of pyridine rings is 1. The molecule has 2 aromatic heterocycles. The maximum absolute atomic E-state index is 14.9. The van der Waals surface area contributed by atoms with Crippen LogP contribution in [0.5, 0.6) is 0 Å². The summed E-state index contributed by atoms with van der Waals surface area (Å²) in [6, 6.07) is 12.2. The molecule has 12 heteroatoms. The van der Waals surface area contributed by atoms with Gasteiger partial charge in [0.25, 0.3) is 0 Å². The van der Waals surface area contributed by atoms with Gasteiger partial charge in [0.15, 0.2) is 11.6 Å². The van der Waals surface area contributed by atoms with Gasteiger partial charge in [-0.1, -0.05) is 12.1 Å². The number of hydrogen-bond acceptors (Lipinski definition) is 7. The van der Waals surface area contributed by atoms with E-state index in [0.29, 0.717) is 35.7 Å². The van der Waals surface area contributed by atoms with E-state index in [4.69, 9.17) is 0 Å². The van der Waals surface area contributed by atoms with Crippen molar-refractivity contribution in [1.29, 1.82) is 5.26 Å². The topological polar surface area (TPSA) is 104 Å². The number of nitriles is 1. The van der Waals surface area contributed by atoms with Crippen LogP contribution < -0.4 is 4.90 Å². The van der Waals surface area contributed by atoms with E-state index in [2.05, 4.69) is 25.4 Å². The monoisotopic (exact) mass is 598 g/mol. The number of carbonyl (C=O) groups is 1. The molecule has 5 rings (SSSR count). The molecule has 222 valence electrons. The van der Waals surface area contributed by atoms with E-state index in [1.807, 2.05) is 24.3 Å². The van der Waals surface area contributed by atoms with E-state index in [0.717, 1.165) is 5.69 Å². The van der Waals surface area contributed by atoms with Crippen LogP contribution in [-0.4, -0.2) is 62.3 Å². The Balaban J connectivity index is 1.55. The summed E-state index contributed by atoms with van der Waals surface area (Å²) < 4.78 is 62.4. The first-order chi connectivity index (χ1) is 20.0. The summed E-state index contributed by atoms with van der Waals surface area (Å²) in [5.41, 5.74) is 2.37. The molecule has 0 amide bonds. The predicted molar refractivity (Wildman–Crippen MR) is 155 cm³/mol. The number of benzene rings is 1. The van der Waals surface area contributed by atoms with E-state index in [-0.39, 0.29) is 30.1 Å². The maximum atomic E-state index is 14.9. The predicted octanol–water partition coefficient (Wildman–Crippen LogP) is 5.63. The fourth-order valence-corrected chi connectivity index (χ4v) is 7.44. The Morgan fingerprint density at radius 2 is 1.95 bits per heavy atom. The molecule has 1 aromatic carbocycles. The molecular formula is C30H33F3N6O2S. The maximum Gasteiger partial charge on any atom is 0.248 e. The Morgan fingerprint density at radius 1 is 1.24 bits per heavy atom. The van der Waals surface area contributed by atoms with Crippen molar-refractivity contribution in [3.05, 3.63) is 60.3 Å². The van der Waals surface area contributed by atoms with Gasteiger partial charge in [-0.3, -0.25) is 4.79 Å². The third kappa shape index (κ3) is 6.21. The number of halogens is 3. The molecule has 0 unspecified atom stereocenters. The summed E-state index contributed by atoms with van der Waals surface area (Å²) in [4.78, 5) is 19.5. The van der Waals surface area contributed by atoms with Gasteiger partial charge in [-0.15, -0.1) is 0 Å². The van der Waals surface area contributed by atoms with Crippen LogP contribution in [0.2, 0.25) is 0 Å². The van der Waals surface area contributed by atoms with Gasteiger partial charge in [-0.05, 0) is 43.2 Å². The lowest BCUT2D eigenvalue weighted by Gasteiger charge is -2.35. The fraction of sp³-hybridized carbons (Fsp3) is 0.467. The number of carbonyl (C=O) groups excluding carboxylic acids is 1. The average Bonchev–Trinajstić information content (AvgIpc) is 3.42. The molecule has 0 spiro atoms. The Morgan fingerprint density at radius 3 is 2.60 bits per heavy atom. The van der Waals surface area contributed by atoms with Gasteiger partial charge in [0, 0.05) is 96.1 Å². The molecule has 3 atom stereocenters. The summed E-state index contributed by atoms with van der Waals surface area (Å²) in [6.07, 6.45) is 1.93. The molecule has 3 heterocycles. The van der Waals surface area contributed by atoms with Crippen LogP contribution >= 0.6 is 0 Å². The standard InChI is InChI=1S/C30H33F3N6O2S/c1-20(18-34)16-27(40)23-9-10-30(32,33)17-24(23)28-25(19-39(37-28)29-26(31)4-3-11-36-29)21-5-7-22(8-6-21)38-12-14-42(41,35-2)15-13-38/h3-8,11,19-20,23-24H,9-10,12-17H2,1-2H3/t20-,23-,24-/m1/s1. The van der Waals surface area contributed by atoms with E-state index >= 15 is 0 Å². The summed E-state index contributed by atoms with van der Waals surface area (Å²) in [7, 11) is -0.579. The second kappa shape index (κ2) is 11.9. The highest BCUT2D eigenvalue weighted by atomic mass is 32.2. The number of aromatic nitrogens is 3. The summed E-state index contributed by atoms with van der Waals surface area (Å²) in [5, 5.41) is 13.8. The molecule has 1 aliphatic heterocycles. The smallest absolute Gasteiger partial charge is 0.248 e. The average molecular weight is 599 g/mol. The summed E-state index contributed by atoms with van der Waals surface area (Å²) >= 11 is 0. The van der Waals surface area contributed by atoms with Crippen LogP contribution in [0.3, 0.4) is 0 Å². The first-order valence-electron chi connectivity index (χ1n) is 14.0.